The Kier molecular flexibility index (Phi) is 2.45. The Bertz CT molecular complexity index is 441. The van der Waals surface area contributed by atoms with Gasteiger partial charge in [-0.2, -0.15) is 4.98 Å². The molecule has 0 unspecified atom stereocenters. The summed E-state index contributed by atoms with van der Waals surface area (Å²) in [5, 5.41) is 3.69. The lowest BCUT2D eigenvalue weighted by atomic mass is 10.2. The monoisotopic (exact) mass is 209 g/mol. The summed E-state index contributed by atoms with van der Waals surface area (Å²) < 4.78 is 5.01. The molecule has 72 valence electrons. The molecule has 0 saturated heterocycles. The highest BCUT2D eigenvalue weighted by atomic mass is 35.5. The molecular weight excluding hydrogens is 202 g/mol. The summed E-state index contributed by atoms with van der Waals surface area (Å²) >= 11 is 5.56. The first-order chi connectivity index (χ1) is 6.81. The fraction of sp³-hybridized carbons (Fsp3) is 0.222. The Morgan fingerprint density at radius 1 is 1.50 bits per heavy atom. The van der Waals surface area contributed by atoms with E-state index in [1.807, 2.05) is 19.1 Å². The highest BCUT2D eigenvalue weighted by Gasteiger charge is 2.10. The summed E-state index contributed by atoms with van der Waals surface area (Å²) in [4.78, 5) is 8.24. The van der Waals surface area contributed by atoms with Crippen molar-refractivity contribution in [1.82, 2.24) is 15.1 Å². The molecule has 0 aliphatic heterocycles. The zero-order valence-corrected chi connectivity index (χ0v) is 8.32. The van der Waals surface area contributed by atoms with Crippen LogP contribution in [0.25, 0.3) is 11.6 Å². The van der Waals surface area contributed by atoms with E-state index in [2.05, 4.69) is 15.1 Å². The first kappa shape index (κ1) is 9.15. The number of rotatable bonds is 2. The van der Waals surface area contributed by atoms with Crippen molar-refractivity contribution in [2.24, 2.45) is 0 Å². The fourth-order valence-electron chi connectivity index (χ4n) is 1.11. The van der Waals surface area contributed by atoms with Crippen LogP contribution < -0.4 is 0 Å². The predicted octanol–water partition coefficient (Wildman–Crippen LogP) is 2.18. The van der Waals surface area contributed by atoms with E-state index in [0.717, 1.165) is 5.56 Å². The summed E-state index contributed by atoms with van der Waals surface area (Å²) in [6, 6.07) is 3.80. The second kappa shape index (κ2) is 3.75. The minimum absolute atomic E-state index is 0.245. The molecule has 14 heavy (non-hydrogen) atoms. The van der Waals surface area contributed by atoms with Crippen molar-refractivity contribution in [3.8, 4) is 11.6 Å². The van der Waals surface area contributed by atoms with Crippen LogP contribution in [-0.2, 0) is 5.88 Å². The topological polar surface area (TPSA) is 51.8 Å². The van der Waals surface area contributed by atoms with E-state index in [4.69, 9.17) is 16.1 Å². The quantitative estimate of drug-likeness (QED) is 0.712. The lowest BCUT2D eigenvalue weighted by molar-refractivity contribution is 0.423. The van der Waals surface area contributed by atoms with Gasteiger partial charge in [0.2, 0.25) is 0 Å². The van der Waals surface area contributed by atoms with Crippen LogP contribution in [0.15, 0.2) is 22.9 Å². The van der Waals surface area contributed by atoms with Crippen LogP contribution in [0.3, 0.4) is 0 Å². The van der Waals surface area contributed by atoms with Crippen LogP contribution >= 0.6 is 11.6 Å². The van der Waals surface area contributed by atoms with Gasteiger partial charge < -0.3 is 4.52 Å². The normalized spacial score (nSPS) is 10.4. The van der Waals surface area contributed by atoms with Gasteiger partial charge in [0.05, 0.1) is 5.88 Å². The molecule has 0 atom stereocenters. The third kappa shape index (κ3) is 1.61. The van der Waals surface area contributed by atoms with Gasteiger partial charge in [-0.1, -0.05) is 11.2 Å². The standard InChI is InChI=1S/C9H8ClN3O/c1-6-3-2-4-11-8(6)9-12-7(5-10)13-14-9/h2-4H,5H2,1H3. The van der Waals surface area contributed by atoms with Gasteiger partial charge in [-0.15, -0.1) is 11.6 Å². The maximum absolute atomic E-state index is 5.56. The van der Waals surface area contributed by atoms with Crippen molar-refractivity contribution >= 4 is 11.6 Å². The summed E-state index contributed by atoms with van der Waals surface area (Å²) in [6.07, 6.45) is 1.69. The molecule has 0 saturated carbocycles. The lowest BCUT2D eigenvalue weighted by Crippen LogP contribution is -1.87. The fourth-order valence-corrected chi connectivity index (χ4v) is 1.22. The molecular formula is C9H8ClN3O. The number of pyridine rings is 1. The minimum Gasteiger partial charge on any atom is -0.332 e. The van der Waals surface area contributed by atoms with E-state index in [0.29, 0.717) is 17.4 Å². The van der Waals surface area contributed by atoms with Crippen LogP contribution in [0, 0.1) is 6.92 Å². The van der Waals surface area contributed by atoms with Crippen molar-refractivity contribution in [3.63, 3.8) is 0 Å². The van der Waals surface area contributed by atoms with Gasteiger partial charge in [0.15, 0.2) is 5.82 Å². The first-order valence-electron chi connectivity index (χ1n) is 4.12. The maximum atomic E-state index is 5.56. The Labute approximate surface area is 85.9 Å². The zero-order chi connectivity index (χ0) is 9.97. The summed E-state index contributed by atoms with van der Waals surface area (Å²) in [7, 11) is 0. The number of aryl methyl sites for hydroxylation is 1. The molecule has 0 amide bonds. The molecule has 0 radical (unpaired) electrons. The Morgan fingerprint density at radius 3 is 3.00 bits per heavy atom. The van der Waals surface area contributed by atoms with E-state index in [9.17, 15) is 0 Å². The SMILES string of the molecule is Cc1cccnc1-c1nc(CCl)no1. The Morgan fingerprint density at radius 2 is 2.36 bits per heavy atom. The number of nitrogens with zero attached hydrogens (tertiary/aromatic N) is 3. The van der Waals surface area contributed by atoms with Crippen molar-refractivity contribution in [2.75, 3.05) is 0 Å². The number of hydrogen-bond donors (Lipinski definition) is 0. The number of hydrogen-bond acceptors (Lipinski definition) is 4. The van der Waals surface area contributed by atoms with Gasteiger partial charge in [-0.05, 0) is 18.6 Å². The van der Waals surface area contributed by atoms with Gasteiger partial charge in [0.1, 0.15) is 5.69 Å². The van der Waals surface area contributed by atoms with E-state index in [1.165, 1.54) is 0 Å². The van der Waals surface area contributed by atoms with Crippen molar-refractivity contribution in [1.29, 1.82) is 0 Å². The second-order valence-electron chi connectivity index (χ2n) is 2.82. The molecule has 0 spiro atoms. The molecule has 4 nitrogen and oxygen atoms in total. The van der Waals surface area contributed by atoms with Gasteiger partial charge in [0, 0.05) is 6.20 Å². The van der Waals surface area contributed by atoms with Gasteiger partial charge in [0.25, 0.3) is 5.89 Å². The highest BCUT2D eigenvalue weighted by Crippen LogP contribution is 2.18. The second-order valence-corrected chi connectivity index (χ2v) is 3.09. The van der Waals surface area contributed by atoms with Crippen LogP contribution in [0.2, 0.25) is 0 Å². The average molecular weight is 210 g/mol. The van der Waals surface area contributed by atoms with Gasteiger partial charge in [-0.3, -0.25) is 4.98 Å². The largest absolute Gasteiger partial charge is 0.332 e. The third-order valence-electron chi connectivity index (χ3n) is 1.80. The van der Waals surface area contributed by atoms with Crippen molar-refractivity contribution < 1.29 is 4.52 Å². The molecule has 0 aliphatic rings. The predicted molar refractivity (Wildman–Crippen MR) is 51.8 cm³/mol. The van der Waals surface area contributed by atoms with Crippen LogP contribution in [0.1, 0.15) is 11.4 Å². The van der Waals surface area contributed by atoms with E-state index in [-0.39, 0.29) is 5.88 Å². The molecule has 2 heterocycles. The smallest absolute Gasteiger partial charge is 0.276 e. The summed E-state index contributed by atoms with van der Waals surface area (Å²) in [5.74, 6) is 1.14. The lowest BCUT2D eigenvalue weighted by Gasteiger charge is -1.96. The van der Waals surface area contributed by atoms with E-state index in [1.54, 1.807) is 6.20 Å². The molecule has 2 rings (SSSR count). The highest BCUT2D eigenvalue weighted by molar-refractivity contribution is 6.16. The van der Waals surface area contributed by atoms with Crippen LogP contribution in [0.4, 0.5) is 0 Å². The van der Waals surface area contributed by atoms with E-state index >= 15 is 0 Å². The molecule has 0 fully saturated rings. The van der Waals surface area contributed by atoms with Crippen LogP contribution in [-0.4, -0.2) is 15.1 Å². The number of halogens is 1. The molecule has 5 heteroatoms. The minimum atomic E-state index is 0.245. The Balaban J connectivity index is 2.44. The molecule has 2 aromatic heterocycles. The molecule has 2 aromatic rings. The molecule has 0 aliphatic carbocycles. The Hall–Kier alpha value is -1.42. The average Bonchev–Trinajstić information content (AvgIpc) is 2.67. The van der Waals surface area contributed by atoms with Crippen molar-refractivity contribution in [2.45, 2.75) is 12.8 Å². The summed E-state index contributed by atoms with van der Waals surface area (Å²) in [5.41, 5.74) is 1.70. The van der Waals surface area contributed by atoms with Crippen LogP contribution in [0.5, 0.6) is 0 Å². The molecule has 0 bridgehead atoms. The first-order valence-corrected chi connectivity index (χ1v) is 4.65. The maximum Gasteiger partial charge on any atom is 0.276 e. The van der Waals surface area contributed by atoms with Gasteiger partial charge >= 0.3 is 0 Å². The third-order valence-corrected chi connectivity index (χ3v) is 2.04. The zero-order valence-electron chi connectivity index (χ0n) is 7.57. The van der Waals surface area contributed by atoms with Gasteiger partial charge in [-0.25, -0.2) is 0 Å². The molecule has 0 aromatic carbocycles. The van der Waals surface area contributed by atoms with Crippen molar-refractivity contribution in [3.05, 3.63) is 29.7 Å². The number of alkyl halides is 1. The van der Waals surface area contributed by atoms with E-state index < -0.39 is 0 Å². The molecule has 0 N–H and O–H groups in total. The number of aromatic nitrogens is 3. The summed E-state index contributed by atoms with van der Waals surface area (Å²) in [6.45, 7) is 1.94.